The van der Waals surface area contributed by atoms with E-state index in [9.17, 15) is 25.5 Å². The van der Waals surface area contributed by atoms with Crippen LogP contribution in [0, 0.1) is 0 Å². The van der Waals surface area contributed by atoms with Crippen molar-refractivity contribution < 1.29 is 49.2 Å². The summed E-state index contributed by atoms with van der Waals surface area (Å²) in [5.41, 5.74) is 0.615. The highest BCUT2D eigenvalue weighted by atomic mass is 32.1. The van der Waals surface area contributed by atoms with E-state index < -0.39 is 67.3 Å². The molecule has 260 valence electrons. The number of benzene rings is 3. The number of aliphatic hydroxyl groups is 5. The van der Waals surface area contributed by atoms with Crippen LogP contribution in [0.2, 0.25) is 0 Å². The van der Waals surface area contributed by atoms with Crippen molar-refractivity contribution in [3.05, 3.63) is 108 Å². The summed E-state index contributed by atoms with van der Waals surface area (Å²) in [5.74, 6) is 0. The maximum absolute atomic E-state index is 10.8. The van der Waals surface area contributed by atoms with Gasteiger partial charge in [-0.05, 0) is 28.9 Å². The summed E-state index contributed by atoms with van der Waals surface area (Å²) in [6, 6.07) is 27.8. The van der Waals surface area contributed by atoms with Crippen LogP contribution in [0.5, 0.6) is 0 Å². The van der Waals surface area contributed by atoms with E-state index in [1.54, 1.807) is 0 Å². The average Bonchev–Trinajstić information content (AvgIpc) is 3.28. The van der Waals surface area contributed by atoms with Crippen molar-refractivity contribution in [1.82, 2.24) is 10.6 Å². The third kappa shape index (κ3) is 8.56. The van der Waals surface area contributed by atoms with E-state index in [1.165, 1.54) is 7.11 Å². The minimum absolute atomic E-state index is 0.0317. The molecule has 7 N–H and O–H groups in total. The van der Waals surface area contributed by atoms with Crippen LogP contribution in [0.1, 0.15) is 16.7 Å². The number of thiocarbonyl (C=S) groups is 1. The van der Waals surface area contributed by atoms with Gasteiger partial charge in [0.05, 0.1) is 32.5 Å². The number of rotatable bonds is 14. The fourth-order valence-electron chi connectivity index (χ4n) is 6.05. The normalized spacial score (nSPS) is 31.8. The minimum atomic E-state index is -2.24. The van der Waals surface area contributed by atoms with Crippen molar-refractivity contribution in [3.63, 3.8) is 0 Å². The molecule has 0 unspecified atom stereocenters. The topological polar surface area (TPSA) is 171 Å². The first-order valence-corrected chi connectivity index (χ1v) is 16.2. The van der Waals surface area contributed by atoms with Crippen LogP contribution in [-0.2, 0) is 43.5 Å². The Morgan fingerprint density at radius 2 is 1.23 bits per heavy atom. The molecular formula is C35H44N2O10S. The van der Waals surface area contributed by atoms with Gasteiger partial charge in [-0.1, -0.05) is 91.0 Å². The molecule has 0 amide bonds. The Hall–Kier alpha value is -3.05. The maximum atomic E-state index is 10.8. The molecule has 2 aliphatic rings. The molecule has 1 saturated heterocycles. The molecule has 10 atom stereocenters. The maximum Gasteiger partial charge on any atom is 0.186 e. The van der Waals surface area contributed by atoms with Crippen molar-refractivity contribution >= 4 is 17.3 Å². The quantitative estimate of drug-likeness (QED) is 0.119. The summed E-state index contributed by atoms with van der Waals surface area (Å²) in [7, 11) is 1.52. The summed E-state index contributed by atoms with van der Waals surface area (Å²) in [6.45, 7) is -0.0764. The van der Waals surface area contributed by atoms with Crippen molar-refractivity contribution in [3.8, 4) is 0 Å². The van der Waals surface area contributed by atoms with Crippen LogP contribution in [0.25, 0.3) is 0 Å². The summed E-state index contributed by atoms with van der Waals surface area (Å²) in [4.78, 5) is 0. The number of ether oxygens (including phenoxy) is 5. The molecule has 1 aliphatic carbocycles. The Bertz CT molecular complexity index is 1410. The fourth-order valence-corrected chi connectivity index (χ4v) is 6.26. The lowest BCUT2D eigenvalue weighted by atomic mass is 9.96. The highest BCUT2D eigenvalue weighted by Crippen LogP contribution is 2.32. The van der Waals surface area contributed by atoms with Crippen LogP contribution in [-0.4, -0.2) is 112 Å². The lowest BCUT2D eigenvalue weighted by Gasteiger charge is -2.45. The van der Waals surface area contributed by atoms with E-state index in [4.69, 9.17) is 35.9 Å². The number of methoxy groups -OCH3 is 1. The zero-order valence-electron chi connectivity index (χ0n) is 26.6. The SMILES string of the molecule is CO[C@H]1O[C@H](CNC(=S)N[C@@H]2[C@H](O)[C@@H](O)[C@H](O)[C@]2(O)CO)[C@@H](OCc2ccccc2)[C@H](OCc2ccccc2)[C@H]1OCc1ccccc1. The van der Waals surface area contributed by atoms with Crippen LogP contribution in [0.3, 0.4) is 0 Å². The molecule has 0 bridgehead atoms. The number of hydrogen-bond acceptors (Lipinski definition) is 11. The third-order valence-corrected chi connectivity index (χ3v) is 9.01. The highest BCUT2D eigenvalue weighted by Gasteiger charge is 2.59. The summed E-state index contributed by atoms with van der Waals surface area (Å²) >= 11 is 5.47. The molecule has 5 rings (SSSR count). The summed E-state index contributed by atoms with van der Waals surface area (Å²) in [6.07, 6.45) is -8.75. The van der Waals surface area contributed by atoms with Crippen LogP contribution in [0.4, 0.5) is 0 Å². The van der Waals surface area contributed by atoms with Gasteiger partial charge in [0.1, 0.15) is 48.3 Å². The Labute approximate surface area is 285 Å². The molecule has 2 fully saturated rings. The zero-order chi connectivity index (χ0) is 34.1. The minimum Gasteiger partial charge on any atom is -0.393 e. The first kappa shape index (κ1) is 36.2. The second kappa shape index (κ2) is 17.1. The van der Waals surface area contributed by atoms with Gasteiger partial charge in [0.15, 0.2) is 11.4 Å². The molecule has 1 saturated carbocycles. The summed E-state index contributed by atoms with van der Waals surface area (Å²) in [5, 5.41) is 57.2. The Kier molecular flexibility index (Phi) is 12.9. The van der Waals surface area contributed by atoms with Gasteiger partial charge >= 0.3 is 0 Å². The monoisotopic (exact) mass is 684 g/mol. The van der Waals surface area contributed by atoms with Gasteiger partial charge in [0, 0.05) is 13.7 Å². The van der Waals surface area contributed by atoms with E-state index in [0.717, 1.165) is 16.7 Å². The van der Waals surface area contributed by atoms with Gasteiger partial charge in [0.2, 0.25) is 0 Å². The second-order valence-electron chi connectivity index (χ2n) is 12.0. The Morgan fingerprint density at radius 1 is 0.750 bits per heavy atom. The third-order valence-electron chi connectivity index (χ3n) is 8.75. The highest BCUT2D eigenvalue weighted by molar-refractivity contribution is 7.80. The molecular weight excluding hydrogens is 640 g/mol. The molecule has 3 aromatic carbocycles. The van der Waals surface area contributed by atoms with Gasteiger partial charge in [-0.2, -0.15) is 0 Å². The Morgan fingerprint density at radius 3 is 1.71 bits per heavy atom. The Balaban J connectivity index is 1.37. The van der Waals surface area contributed by atoms with Gasteiger partial charge in [-0.15, -0.1) is 0 Å². The molecule has 3 aromatic rings. The molecule has 0 aromatic heterocycles. The fraction of sp³-hybridized carbons (Fsp3) is 0.457. The van der Waals surface area contributed by atoms with Crippen molar-refractivity contribution in [2.45, 2.75) is 80.5 Å². The predicted octanol–water partition coefficient (Wildman–Crippen LogP) is 0.766. The zero-order valence-corrected chi connectivity index (χ0v) is 27.4. The number of aliphatic hydroxyl groups excluding tert-OH is 4. The summed E-state index contributed by atoms with van der Waals surface area (Å²) < 4.78 is 31.8. The lowest BCUT2D eigenvalue weighted by Crippen LogP contribution is -2.64. The molecule has 48 heavy (non-hydrogen) atoms. The van der Waals surface area contributed by atoms with Gasteiger partial charge in [-0.3, -0.25) is 0 Å². The number of hydrogen-bond donors (Lipinski definition) is 7. The standard InChI is InChI=1S/C35H44N2O10S/c1-43-33-30(46-20-24-15-9-4-10-16-24)29(45-19-23-13-7-3-8-14-23)28(44-18-22-11-5-2-6-12-22)25(47-33)17-36-34(48)37-31-26(39)27(40)32(41)35(31,42)21-38/h2-16,25-33,38-42H,17-21H2,1H3,(H2,36,37,48)/t25-,26-,27-,28-,29+,30-,31-,32+,33+,35+/m1/s1. The first-order valence-electron chi connectivity index (χ1n) is 15.8. The predicted molar refractivity (Wildman–Crippen MR) is 178 cm³/mol. The lowest BCUT2D eigenvalue weighted by molar-refractivity contribution is -0.316. The number of nitrogens with one attached hydrogen (secondary N) is 2. The molecule has 12 nitrogen and oxygen atoms in total. The van der Waals surface area contributed by atoms with E-state index in [0.29, 0.717) is 0 Å². The molecule has 1 heterocycles. The van der Waals surface area contributed by atoms with Crippen molar-refractivity contribution in [2.75, 3.05) is 20.3 Å². The smallest absolute Gasteiger partial charge is 0.186 e. The van der Waals surface area contributed by atoms with Crippen LogP contribution >= 0.6 is 12.2 Å². The average molecular weight is 685 g/mol. The molecule has 13 heteroatoms. The van der Waals surface area contributed by atoms with Crippen molar-refractivity contribution in [1.29, 1.82) is 0 Å². The van der Waals surface area contributed by atoms with E-state index in [2.05, 4.69) is 10.6 Å². The van der Waals surface area contributed by atoms with E-state index >= 15 is 0 Å². The molecule has 0 radical (unpaired) electrons. The van der Waals surface area contributed by atoms with Gasteiger partial charge in [0.25, 0.3) is 0 Å². The van der Waals surface area contributed by atoms with Gasteiger partial charge in [-0.25, -0.2) is 0 Å². The molecule has 0 spiro atoms. The first-order chi connectivity index (χ1) is 23.2. The molecule has 1 aliphatic heterocycles. The van der Waals surface area contributed by atoms with Gasteiger partial charge < -0.3 is 59.9 Å². The van der Waals surface area contributed by atoms with E-state index in [-0.39, 0.29) is 31.5 Å². The van der Waals surface area contributed by atoms with E-state index in [1.807, 2.05) is 91.0 Å². The van der Waals surface area contributed by atoms with Crippen LogP contribution < -0.4 is 10.6 Å². The van der Waals surface area contributed by atoms with Crippen molar-refractivity contribution in [2.24, 2.45) is 0 Å². The largest absolute Gasteiger partial charge is 0.393 e. The van der Waals surface area contributed by atoms with Crippen LogP contribution in [0.15, 0.2) is 91.0 Å². The second-order valence-corrected chi connectivity index (χ2v) is 12.4.